The van der Waals surface area contributed by atoms with Crippen LogP contribution in [0.25, 0.3) is 0 Å². The second kappa shape index (κ2) is 4.16. The molecule has 0 saturated carbocycles. The maximum atomic E-state index is 11.1. The quantitative estimate of drug-likeness (QED) is 0.675. The number of hydrogen-bond acceptors (Lipinski definition) is 4. The molecule has 0 aliphatic heterocycles. The lowest BCUT2D eigenvalue weighted by molar-refractivity contribution is -0.125. The number of nitrogen functional groups attached to an aromatic ring is 1. The largest absolute Gasteiger partial charge is 0.382 e. The molecule has 0 aromatic carbocycles. The van der Waals surface area contributed by atoms with Gasteiger partial charge in [-0.2, -0.15) is 0 Å². The minimum Gasteiger partial charge on any atom is -0.382 e. The summed E-state index contributed by atoms with van der Waals surface area (Å²) in [6.07, 6.45) is 1.61. The molecule has 0 bridgehead atoms. The maximum absolute atomic E-state index is 11.1. The van der Waals surface area contributed by atoms with Crippen molar-refractivity contribution in [2.24, 2.45) is 11.1 Å². The van der Waals surface area contributed by atoms with Crippen LogP contribution in [0.2, 0.25) is 0 Å². The molecule has 1 heterocycles. The van der Waals surface area contributed by atoms with Crippen LogP contribution in [0.5, 0.6) is 0 Å². The van der Waals surface area contributed by atoms with Crippen LogP contribution in [-0.2, 0) is 4.79 Å². The summed E-state index contributed by atoms with van der Waals surface area (Å²) >= 11 is 0. The van der Waals surface area contributed by atoms with Gasteiger partial charge in [-0.25, -0.2) is 4.98 Å². The van der Waals surface area contributed by atoms with E-state index in [1.54, 1.807) is 32.2 Å². The van der Waals surface area contributed by atoms with Crippen molar-refractivity contribution in [1.82, 2.24) is 4.98 Å². The number of carbonyl (C=O) groups excluding carboxylic acids is 1. The van der Waals surface area contributed by atoms with Crippen molar-refractivity contribution in [1.29, 1.82) is 0 Å². The number of pyridine rings is 1. The van der Waals surface area contributed by atoms with Crippen LogP contribution in [0, 0.1) is 5.41 Å². The molecule has 0 unspecified atom stereocenters. The van der Waals surface area contributed by atoms with E-state index < -0.39 is 5.41 Å². The van der Waals surface area contributed by atoms with Gasteiger partial charge >= 0.3 is 0 Å². The Hall–Kier alpha value is -1.78. The van der Waals surface area contributed by atoms with Crippen molar-refractivity contribution in [2.45, 2.75) is 13.8 Å². The summed E-state index contributed by atoms with van der Waals surface area (Å²) in [6, 6.07) is 3.58. The number of aromatic nitrogens is 1. The molecule has 15 heavy (non-hydrogen) atoms. The Morgan fingerprint density at radius 1 is 1.60 bits per heavy atom. The van der Waals surface area contributed by atoms with Crippen LogP contribution in [0.1, 0.15) is 13.8 Å². The summed E-state index contributed by atoms with van der Waals surface area (Å²) in [6.45, 7) is 3.97. The van der Waals surface area contributed by atoms with E-state index in [2.05, 4.69) is 10.3 Å². The number of anilines is 2. The summed E-state index contributed by atoms with van der Waals surface area (Å²) in [5, 5.41) is 3.05. The van der Waals surface area contributed by atoms with E-state index in [4.69, 9.17) is 11.5 Å². The molecule has 1 rings (SSSR count). The molecule has 5 N–H and O–H groups in total. The van der Waals surface area contributed by atoms with Crippen molar-refractivity contribution in [2.75, 3.05) is 17.6 Å². The van der Waals surface area contributed by atoms with Gasteiger partial charge in [-0.1, -0.05) is 0 Å². The topological polar surface area (TPSA) is 94.0 Å². The van der Waals surface area contributed by atoms with Gasteiger partial charge in [0.25, 0.3) is 0 Å². The van der Waals surface area contributed by atoms with Crippen molar-refractivity contribution in [3.63, 3.8) is 0 Å². The van der Waals surface area contributed by atoms with E-state index in [9.17, 15) is 4.79 Å². The Balaban J connectivity index is 2.66. The second-order valence-corrected chi connectivity index (χ2v) is 4.04. The third-order valence-electron chi connectivity index (χ3n) is 2.23. The predicted octanol–water partition coefficient (Wildman–Crippen LogP) is 0.587. The van der Waals surface area contributed by atoms with Gasteiger partial charge in [0, 0.05) is 12.7 Å². The summed E-state index contributed by atoms with van der Waals surface area (Å²) in [5.74, 6) is 0.0650. The number of hydrogen-bond donors (Lipinski definition) is 3. The first-order chi connectivity index (χ1) is 6.93. The highest BCUT2D eigenvalue weighted by Gasteiger charge is 2.24. The van der Waals surface area contributed by atoms with Crippen LogP contribution in [0.4, 0.5) is 11.5 Å². The highest BCUT2D eigenvalue weighted by molar-refractivity contribution is 5.80. The third-order valence-corrected chi connectivity index (χ3v) is 2.23. The highest BCUT2D eigenvalue weighted by Crippen LogP contribution is 2.18. The molecule has 0 aliphatic rings. The fourth-order valence-electron chi connectivity index (χ4n) is 0.970. The zero-order valence-corrected chi connectivity index (χ0v) is 8.95. The Labute approximate surface area is 88.9 Å². The average molecular weight is 208 g/mol. The summed E-state index contributed by atoms with van der Waals surface area (Å²) in [5.41, 5.74) is 11.0. The molecule has 0 radical (unpaired) electrons. The fraction of sp³-hybridized carbons (Fsp3) is 0.400. The van der Waals surface area contributed by atoms with Gasteiger partial charge in [0.1, 0.15) is 5.82 Å². The van der Waals surface area contributed by atoms with E-state index in [-0.39, 0.29) is 5.91 Å². The van der Waals surface area contributed by atoms with Gasteiger partial charge in [-0.3, -0.25) is 4.79 Å². The number of amides is 1. The average Bonchev–Trinajstić information content (AvgIpc) is 2.16. The lowest BCUT2D eigenvalue weighted by atomic mass is 9.93. The van der Waals surface area contributed by atoms with E-state index in [1.165, 1.54) is 0 Å². The van der Waals surface area contributed by atoms with Crippen LogP contribution in [-0.4, -0.2) is 17.4 Å². The summed E-state index contributed by atoms with van der Waals surface area (Å²) < 4.78 is 0. The monoisotopic (exact) mass is 208 g/mol. The van der Waals surface area contributed by atoms with Gasteiger partial charge in [0.2, 0.25) is 5.91 Å². The van der Waals surface area contributed by atoms with Gasteiger partial charge in [-0.15, -0.1) is 0 Å². The molecule has 0 fully saturated rings. The first-order valence-corrected chi connectivity index (χ1v) is 4.68. The molecule has 5 heteroatoms. The number of primary amides is 1. The van der Waals surface area contributed by atoms with Gasteiger partial charge in [0.15, 0.2) is 0 Å². The number of nitrogens with two attached hydrogens (primary N) is 2. The molecule has 1 amide bonds. The number of nitrogens with one attached hydrogen (secondary N) is 1. The van der Waals surface area contributed by atoms with Crippen LogP contribution < -0.4 is 16.8 Å². The van der Waals surface area contributed by atoms with E-state index in [0.29, 0.717) is 18.1 Å². The molecule has 0 spiro atoms. The molecule has 0 saturated heterocycles. The van der Waals surface area contributed by atoms with Crippen molar-refractivity contribution < 1.29 is 4.79 Å². The number of carbonyl (C=O) groups is 1. The Bertz CT molecular complexity index is 362. The van der Waals surface area contributed by atoms with Crippen molar-refractivity contribution in [3.8, 4) is 0 Å². The van der Waals surface area contributed by atoms with E-state index in [0.717, 1.165) is 0 Å². The maximum Gasteiger partial charge on any atom is 0.224 e. The highest BCUT2D eigenvalue weighted by atomic mass is 16.1. The summed E-state index contributed by atoms with van der Waals surface area (Å²) in [7, 11) is 0. The normalized spacial score (nSPS) is 11.1. The van der Waals surface area contributed by atoms with E-state index in [1.807, 2.05) is 0 Å². The lowest BCUT2D eigenvalue weighted by Crippen LogP contribution is -2.37. The lowest BCUT2D eigenvalue weighted by Gasteiger charge is -2.21. The Kier molecular flexibility index (Phi) is 3.14. The van der Waals surface area contributed by atoms with Crippen molar-refractivity contribution >= 4 is 17.4 Å². The molecular weight excluding hydrogens is 192 g/mol. The molecule has 1 aromatic heterocycles. The van der Waals surface area contributed by atoms with Crippen molar-refractivity contribution in [3.05, 3.63) is 18.3 Å². The minimum atomic E-state index is -0.609. The zero-order chi connectivity index (χ0) is 11.5. The first kappa shape index (κ1) is 11.3. The van der Waals surface area contributed by atoms with Gasteiger partial charge < -0.3 is 16.8 Å². The molecule has 5 nitrogen and oxygen atoms in total. The standard InChI is InChI=1S/C10H16N4O/c1-10(2,9(12)15)6-14-7-4-3-5-13-8(7)11/h3-5,14H,6H2,1-2H3,(H2,11,13)(H2,12,15). The molecular formula is C10H16N4O. The molecule has 82 valence electrons. The van der Waals surface area contributed by atoms with Gasteiger partial charge in [0.05, 0.1) is 11.1 Å². The molecule has 0 aliphatic carbocycles. The number of rotatable bonds is 4. The fourth-order valence-corrected chi connectivity index (χ4v) is 0.970. The van der Waals surface area contributed by atoms with Crippen LogP contribution >= 0.6 is 0 Å². The Morgan fingerprint density at radius 2 is 2.27 bits per heavy atom. The number of nitrogens with zero attached hydrogens (tertiary/aromatic N) is 1. The SMILES string of the molecule is CC(C)(CNc1cccnc1N)C(N)=O. The smallest absolute Gasteiger partial charge is 0.224 e. The predicted molar refractivity (Wildman–Crippen MR) is 60.1 cm³/mol. The summed E-state index contributed by atoms with van der Waals surface area (Å²) in [4.78, 5) is 15.0. The van der Waals surface area contributed by atoms with E-state index >= 15 is 0 Å². The first-order valence-electron chi connectivity index (χ1n) is 4.68. The van der Waals surface area contributed by atoms with Crippen LogP contribution in [0.15, 0.2) is 18.3 Å². The minimum absolute atomic E-state index is 0.350. The molecule has 0 atom stereocenters. The molecule has 1 aromatic rings. The zero-order valence-electron chi connectivity index (χ0n) is 8.95. The third kappa shape index (κ3) is 2.83. The van der Waals surface area contributed by atoms with Gasteiger partial charge in [-0.05, 0) is 26.0 Å². The van der Waals surface area contributed by atoms with Crippen LogP contribution in [0.3, 0.4) is 0 Å². The second-order valence-electron chi connectivity index (χ2n) is 4.04. The Morgan fingerprint density at radius 3 is 2.80 bits per heavy atom.